The monoisotopic (exact) mass is 311 g/mol. The minimum atomic E-state index is -1.09. The van der Waals surface area contributed by atoms with Crippen LogP contribution in [0.5, 0.6) is 5.75 Å². The maximum absolute atomic E-state index is 12.3. The summed E-state index contributed by atoms with van der Waals surface area (Å²) in [4.78, 5) is 26.3. The summed E-state index contributed by atoms with van der Waals surface area (Å²) in [6.07, 6.45) is 0. The second-order valence-corrected chi connectivity index (χ2v) is 5.16. The fourth-order valence-electron chi connectivity index (χ4n) is 2.61. The van der Waals surface area contributed by atoms with Crippen molar-refractivity contribution in [2.75, 3.05) is 11.5 Å². The molecule has 1 unspecified atom stereocenters. The van der Waals surface area contributed by atoms with Gasteiger partial charge in [0.2, 0.25) is 6.04 Å². The van der Waals surface area contributed by atoms with Gasteiger partial charge in [-0.1, -0.05) is 42.5 Å². The van der Waals surface area contributed by atoms with Crippen molar-refractivity contribution in [3.05, 3.63) is 60.2 Å². The lowest BCUT2D eigenvalue weighted by Gasteiger charge is -2.35. The number of esters is 2. The smallest absolute Gasteiger partial charge is 0.346 e. The number of benzene rings is 2. The summed E-state index contributed by atoms with van der Waals surface area (Å²) < 4.78 is 10.4. The van der Waals surface area contributed by atoms with Gasteiger partial charge in [0, 0.05) is 6.54 Å². The van der Waals surface area contributed by atoms with E-state index in [0.717, 1.165) is 5.56 Å². The average Bonchev–Trinajstić information content (AvgIpc) is 2.56. The molecule has 5 heteroatoms. The van der Waals surface area contributed by atoms with Crippen LogP contribution in [0, 0.1) is 0 Å². The van der Waals surface area contributed by atoms with Gasteiger partial charge in [-0.3, -0.25) is 0 Å². The lowest BCUT2D eigenvalue weighted by Crippen LogP contribution is -2.52. The van der Waals surface area contributed by atoms with Crippen molar-refractivity contribution in [3.63, 3.8) is 0 Å². The van der Waals surface area contributed by atoms with Crippen LogP contribution in [0.2, 0.25) is 0 Å². The molecule has 1 atom stereocenters. The van der Waals surface area contributed by atoms with Gasteiger partial charge in [-0.25, -0.2) is 9.59 Å². The first-order valence-corrected chi connectivity index (χ1v) is 7.48. The van der Waals surface area contributed by atoms with Gasteiger partial charge in [0.1, 0.15) is 0 Å². The lowest BCUT2D eigenvalue weighted by molar-refractivity contribution is -0.153. The number of fused-ring (bicyclic) bond motifs is 1. The number of para-hydroxylation sites is 2. The molecule has 23 heavy (non-hydrogen) atoms. The number of ether oxygens (including phenoxy) is 2. The maximum atomic E-state index is 12.3. The third kappa shape index (κ3) is 3.04. The largest absolute Gasteiger partial charge is 0.464 e. The molecule has 0 fully saturated rings. The predicted octanol–water partition coefficient (Wildman–Crippen LogP) is 2.54. The summed E-state index contributed by atoms with van der Waals surface area (Å²) in [5.41, 5.74) is 1.69. The fourth-order valence-corrected chi connectivity index (χ4v) is 2.61. The van der Waals surface area contributed by atoms with E-state index in [2.05, 4.69) is 0 Å². The zero-order valence-electron chi connectivity index (χ0n) is 12.8. The summed E-state index contributed by atoms with van der Waals surface area (Å²) >= 11 is 0. The number of rotatable bonds is 4. The Bertz CT molecular complexity index is 714. The molecule has 0 aromatic heterocycles. The molecular formula is C18H17NO4. The van der Waals surface area contributed by atoms with E-state index in [1.165, 1.54) is 0 Å². The highest BCUT2D eigenvalue weighted by Gasteiger charge is 2.41. The third-order valence-electron chi connectivity index (χ3n) is 3.63. The molecule has 3 rings (SSSR count). The van der Waals surface area contributed by atoms with Crippen LogP contribution in [-0.2, 0) is 20.9 Å². The number of anilines is 1. The Labute approximate surface area is 134 Å². The van der Waals surface area contributed by atoms with Crippen molar-refractivity contribution in [3.8, 4) is 5.75 Å². The van der Waals surface area contributed by atoms with Crippen molar-refractivity contribution >= 4 is 17.6 Å². The van der Waals surface area contributed by atoms with Crippen LogP contribution < -0.4 is 9.64 Å². The molecule has 1 heterocycles. The van der Waals surface area contributed by atoms with E-state index < -0.39 is 18.0 Å². The van der Waals surface area contributed by atoms with Gasteiger partial charge in [0.05, 0.1) is 12.3 Å². The summed E-state index contributed by atoms with van der Waals surface area (Å²) in [5, 5.41) is 0. The van der Waals surface area contributed by atoms with E-state index in [-0.39, 0.29) is 6.61 Å². The molecule has 0 N–H and O–H groups in total. The van der Waals surface area contributed by atoms with E-state index >= 15 is 0 Å². The topological polar surface area (TPSA) is 55.8 Å². The maximum Gasteiger partial charge on any atom is 0.346 e. The highest BCUT2D eigenvalue weighted by Crippen LogP contribution is 2.35. The Kier molecular flexibility index (Phi) is 4.28. The number of carbonyl (C=O) groups excluding carboxylic acids is 2. The molecule has 0 aliphatic carbocycles. The first-order valence-electron chi connectivity index (χ1n) is 7.48. The molecule has 0 saturated heterocycles. The Morgan fingerprint density at radius 2 is 1.83 bits per heavy atom. The lowest BCUT2D eigenvalue weighted by atomic mass is 10.1. The summed E-state index contributed by atoms with van der Waals surface area (Å²) in [6.45, 7) is 2.33. The van der Waals surface area contributed by atoms with Gasteiger partial charge in [0.15, 0.2) is 5.75 Å². The van der Waals surface area contributed by atoms with E-state index in [0.29, 0.717) is 18.0 Å². The summed E-state index contributed by atoms with van der Waals surface area (Å²) in [5.74, 6) is -0.755. The Morgan fingerprint density at radius 3 is 2.57 bits per heavy atom. The van der Waals surface area contributed by atoms with Crippen molar-refractivity contribution in [2.45, 2.75) is 19.5 Å². The van der Waals surface area contributed by atoms with Crippen LogP contribution in [0.1, 0.15) is 12.5 Å². The molecule has 118 valence electrons. The molecule has 0 amide bonds. The zero-order valence-corrected chi connectivity index (χ0v) is 12.8. The van der Waals surface area contributed by atoms with Gasteiger partial charge < -0.3 is 14.4 Å². The Morgan fingerprint density at radius 1 is 1.13 bits per heavy atom. The Balaban J connectivity index is 2.00. The number of nitrogens with zero attached hydrogens (tertiary/aromatic N) is 1. The minimum absolute atomic E-state index is 0.212. The third-order valence-corrected chi connectivity index (χ3v) is 3.63. The summed E-state index contributed by atoms with van der Waals surface area (Å²) in [6, 6.07) is 15.7. The highest BCUT2D eigenvalue weighted by atomic mass is 16.6. The van der Waals surface area contributed by atoms with Crippen LogP contribution in [0.25, 0.3) is 0 Å². The number of carbonyl (C=O) groups is 2. The van der Waals surface area contributed by atoms with Gasteiger partial charge in [-0.15, -0.1) is 0 Å². The van der Waals surface area contributed by atoms with Crippen LogP contribution in [0.3, 0.4) is 0 Å². The Hall–Kier alpha value is -2.82. The van der Waals surface area contributed by atoms with Gasteiger partial charge in [0.25, 0.3) is 0 Å². The zero-order chi connectivity index (χ0) is 16.2. The van der Waals surface area contributed by atoms with Crippen LogP contribution in [-0.4, -0.2) is 24.6 Å². The second kappa shape index (κ2) is 6.52. The van der Waals surface area contributed by atoms with Crippen molar-refractivity contribution < 1.29 is 19.1 Å². The van der Waals surface area contributed by atoms with Crippen molar-refractivity contribution in [1.82, 2.24) is 0 Å². The van der Waals surface area contributed by atoms with E-state index in [9.17, 15) is 9.59 Å². The quantitative estimate of drug-likeness (QED) is 0.493. The normalized spacial score (nSPS) is 16.5. The highest BCUT2D eigenvalue weighted by molar-refractivity contribution is 6.05. The molecule has 1 aliphatic heterocycles. The van der Waals surface area contributed by atoms with E-state index in [1.54, 1.807) is 24.0 Å². The van der Waals surface area contributed by atoms with Gasteiger partial charge >= 0.3 is 11.9 Å². The van der Waals surface area contributed by atoms with Crippen molar-refractivity contribution in [2.24, 2.45) is 0 Å². The molecule has 0 spiro atoms. The molecule has 1 aliphatic rings. The van der Waals surface area contributed by atoms with Gasteiger partial charge in [-0.05, 0) is 24.6 Å². The SMILES string of the molecule is CCOC(=O)C1C(=O)Oc2ccccc2N1Cc1ccccc1. The van der Waals surface area contributed by atoms with Crippen LogP contribution >= 0.6 is 0 Å². The standard InChI is InChI=1S/C18H17NO4/c1-2-22-17(20)16-18(21)23-15-11-7-6-10-14(15)19(16)12-13-8-4-3-5-9-13/h3-11,16H,2,12H2,1H3. The number of hydrogen-bond acceptors (Lipinski definition) is 5. The molecule has 0 radical (unpaired) electrons. The second-order valence-electron chi connectivity index (χ2n) is 5.16. The minimum Gasteiger partial charge on any atom is -0.464 e. The fraction of sp³-hybridized carbons (Fsp3) is 0.222. The molecule has 5 nitrogen and oxygen atoms in total. The average molecular weight is 311 g/mol. The molecule has 2 aromatic carbocycles. The predicted molar refractivity (Wildman–Crippen MR) is 85.1 cm³/mol. The van der Waals surface area contributed by atoms with Gasteiger partial charge in [-0.2, -0.15) is 0 Å². The van der Waals surface area contributed by atoms with Crippen molar-refractivity contribution in [1.29, 1.82) is 0 Å². The van der Waals surface area contributed by atoms with E-state index in [4.69, 9.17) is 9.47 Å². The number of hydrogen-bond donors (Lipinski definition) is 0. The first-order chi connectivity index (χ1) is 11.2. The molecular weight excluding hydrogens is 294 g/mol. The molecule has 0 saturated carbocycles. The molecule has 0 bridgehead atoms. The summed E-state index contributed by atoms with van der Waals surface area (Å²) in [7, 11) is 0. The van der Waals surface area contributed by atoms with Crippen LogP contribution in [0.15, 0.2) is 54.6 Å². The van der Waals surface area contributed by atoms with Crippen LogP contribution in [0.4, 0.5) is 5.69 Å². The molecule has 2 aromatic rings. The first kappa shape index (κ1) is 15.1. The van der Waals surface area contributed by atoms with E-state index in [1.807, 2.05) is 42.5 Å².